The third kappa shape index (κ3) is 3.27. The minimum absolute atomic E-state index is 0.275. The predicted octanol–water partition coefficient (Wildman–Crippen LogP) is 5.47. The minimum atomic E-state index is -0.927. The summed E-state index contributed by atoms with van der Waals surface area (Å²) in [7, 11) is 0. The second-order valence-electron chi connectivity index (χ2n) is 8.18. The van der Waals surface area contributed by atoms with E-state index < -0.39 is 5.97 Å². The quantitative estimate of drug-likeness (QED) is 0.407. The molecule has 0 amide bonds. The van der Waals surface area contributed by atoms with Gasteiger partial charge in [0.2, 0.25) is 0 Å². The Morgan fingerprint density at radius 1 is 0.909 bits per heavy atom. The van der Waals surface area contributed by atoms with Crippen LogP contribution in [-0.4, -0.2) is 30.8 Å². The van der Waals surface area contributed by atoms with E-state index in [1.54, 1.807) is 18.3 Å². The van der Waals surface area contributed by atoms with Crippen molar-refractivity contribution in [2.24, 2.45) is 0 Å². The SMILES string of the molecule is O=C(O)c1ccc(-c2ccc3c(-c4c(-c5ccccn5)nn5c4CCC5)ccnc3c2)cc1. The van der Waals surface area contributed by atoms with Gasteiger partial charge in [-0.1, -0.05) is 30.3 Å². The zero-order valence-electron chi connectivity index (χ0n) is 17.8. The molecule has 1 aliphatic heterocycles. The Kier molecular flexibility index (Phi) is 4.50. The molecule has 0 saturated heterocycles. The standard InChI is InChI=1S/C27H20N4O2/c32-27(33)18-8-6-17(7-9-18)19-10-11-20-21(12-14-29-23(20)16-19)25-24-5-3-15-31(24)30-26(25)22-4-1-2-13-28-22/h1-2,4,6-14,16H,3,5,15H2,(H,32,33). The van der Waals surface area contributed by atoms with Crippen LogP contribution in [0.2, 0.25) is 0 Å². The summed E-state index contributed by atoms with van der Waals surface area (Å²) >= 11 is 0. The number of aromatic carboxylic acids is 1. The predicted molar refractivity (Wildman–Crippen MR) is 127 cm³/mol. The van der Waals surface area contributed by atoms with E-state index in [1.165, 1.54) is 5.69 Å². The van der Waals surface area contributed by atoms with Crippen molar-refractivity contribution in [1.82, 2.24) is 19.7 Å². The second-order valence-corrected chi connectivity index (χ2v) is 8.18. The van der Waals surface area contributed by atoms with Gasteiger partial charge >= 0.3 is 5.97 Å². The highest BCUT2D eigenvalue weighted by Gasteiger charge is 2.25. The number of aryl methyl sites for hydroxylation is 1. The van der Waals surface area contributed by atoms with E-state index in [0.29, 0.717) is 0 Å². The largest absolute Gasteiger partial charge is 0.478 e. The van der Waals surface area contributed by atoms with Crippen LogP contribution < -0.4 is 0 Å². The molecule has 0 aliphatic carbocycles. The van der Waals surface area contributed by atoms with Gasteiger partial charge in [0.15, 0.2) is 0 Å². The highest BCUT2D eigenvalue weighted by atomic mass is 16.4. The van der Waals surface area contributed by atoms with Crippen LogP contribution in [0.1, 0.15) is 22.5 Å². The molecular formula is C27H20N4O2. The number of carboxylic acids is 1. The van der Waals surface area contributed by atoms with Gasteiger partial charge in [-0.05, 0) is 65.9 Å². The van der Waals surface area contributed by atoms with Gasteiger partial charge in [-0.2, -0.15) is 5.10 Å². The molecule has 4 heterocycles. The fraction of sp³-hybridized carbons (Fsp3) is 0.111. The number of hydrogen-bond acceptors (Lipinski definition) is 4. The third-order valence-corrected chi connectivity index (χ3v) is 6.23. The zero-order chi connectivity index (χ0) is 22.4. The Bertz CT molecular complexity index is 1510. The first kappa shape index (κ1) is 19.4. The van der Waals surface area contributed by atoms with Crippen molar-refractivity contribution in [3.8, 4) is 33.6 Å². The first-order valence-electron chi connectivity index (χ1n) is 10.9. The number of nitrogens with zero attached hydrogens (tertiary/aromatic N) is 4. The third-order valence-electron chi connectivity index (χ3n) is 6.23. The van der Waals surface area contributed by atoms with Crippen LogP contribution in [0.5, 0.6) is 0 Å². The molecule has 6 nitrogen and oxygen atoms in total. The molecule has 1 aliphatic rings. The number of aromatic nitrogens is 4. The molecule has 3 aromatic heterocycles. The van der Waals surface area contributed by atoms with Crippen molar-refractivity contribution in [2.75, 3.05) is 0 Å². The van der Waals surface area contributed by atoms with Gasteiger partial charge in [-0.3, -0.25) is 14.6 Å². The number of fused-ring (bicyclic) bond motifs is 2. The van der Waals surface area contributed by atoms with Gasteiger partial charge in [0.05, 0.1) is 16.8 Å². The number of hydrogen-bond donors (Lipinski definition) is 1. The molecule has 33 heavy (non-hydrogen) atoms. The molecule has 5 aromatic rings. The molecule has 1 N–H and O–H groups in total. The molecule has 0 radical (unpaired) electrons. The summed E-state index contributed by atoms with van der Waals surface area (Å²) in [6, 6.07) is 21.1. The lowest BCUT2D eigenvalue weighted by Gasteiger charge is -2.10. The van der Waals surface area contributed by atoms with Crippen LogP contribution in [0.25, 0.3) is 44.5 Å². The van der Waals surface area contributed by atoms with Crippen LogP contribution in [0.3, 0.4) is 0 Å². The summed E-state index contributed by atoms with van der Waals surface area (Å²) in [5.74, 6) is -0.927. The van der Waals surface area contributed by atoms with E-state index in [1.807, 2.05) is 36.5 Å². The Morgan fingerprint density at radius 3 is 2.55 bits per heavy atom. The topological polar surface area (TPSA) is 80.9 Å². The molecular weight excluding hydrogens is 412 g/mol. The van der Waals surface area contributed by atoms with Gasteiger partial charge in [-0.25, -0.2) is 4.79 Å². The fourth-order valence-corrected chi connectivity index (χ4v) is 4.65. The van der Waals surface area contributed by atoms with Crippen molar-refractivity contribution < 1.29 is 9.90 Å². The van der Waals surface area contributed by atoms with Gasteiger partial charge < -0.3 is 5.11 Å². The first-order chi connectivity index (χ1) is 16.2. The molecule has 0 fully saturated rings. The lowest BCUT2D eigenvalue weighted by molar-refractivity contribution is 0.0697. The number of pyridine rings is 2. The molecule has 0 unspecified atom stereocenters. The summed E-state index contributed by atoms with van der Waals surface area (Å²) in [6.07, 6.45) is 5.73. The summed E-state index contributed by atoms with van der Waals surface area (Å²) < 4.78 is 2.12. The molecule has 0 atom stereocenters. The maximum absolute atomic E-state index is 11.2. The molecule has 160 valence electrons. The molecule has 0 saturated carbocycles. The minimum Gasteiger partial charge on any atom is -0.478 e. The molecule has 6 heteroatoms. The monoisotopic (exact) mass is 432 g/mol. The number of carbonyl (C=O) groups is 1. The lowest BCUT2D eigenvalue weighted by atomic mass is 9.95. The van der Waals surface area contributed by atoms with E-state index >= 15 is 0 Å². The average Bonchev–Trinajstić information content (AvgIpc) is 3.45. The van der Waals surface area contributed by atoms with Crippen LogP contribution >= 0.6 is 0 Å². The normalized spacial score (nSPS) is 12.7. The maximum atomic E-state index is 11.2. The summed E-state index contributed by atoms with van der Waals surface area (Å²) in [4.78, 5) is 20.4. The average molecular weight is 432 g/mol. The van der Waals surface area contributed by atoms with Crippen LogP contribution in [0.15, 0.2) is 79.1 Å². The van der Waals surface area contributed by atoms with Gasteiger partial charge in [0.1, 0.15) is 5.69 Å². The molecule has 6 rings (SSSR count). The van der Waals surface area contributed by atoms with Crippen molar-refractivity contribution in [3.63, 3.8) is 0 Å². The Hall–Kier alpha value is -4.32. The number of carboxylic acid groups (broad SMARTS) is 1. The van der Waals surface area contributed by atoms with Gasteiger partial charge in [0.25, 0.3) is 0 Å². The first-order valence-corrected chi connectivity index (χ1v) is 10.9. The summed E-state index contributed by atoms with van der Waals surface area (Å²) in [5, 5.41) is 15.1. The smallest absolute Gasteiger partial charge is 0.335 e. The van der Waals surface area contributed by atoms with Crippen LogP contribution in [-0.2, 0) is 13.0 Å². The zero-order valence-corrected chi connectivity index (χ0v) is 17.8. The van der Waals surface area contributed by atoms with E-state index in [0.717, 1.165) is 63.9 Å². The maximum Gasteiger partial charge on any atom is 0.335 e. The molecule has 2 aromatic carbocycles. The van der Waals surface area contributed by atoms with E-state index in [9.17, 15) is 4.79 Å². The van der Waals surface area contributed by atoms with Crippen molar-refractivity contribution in [2.45, 2.75) is 19.4 Å². The highest BCUT2D eigenvalue weighted by molar-refractivity contribution is 6.00. The summed E-state index contributed by atoms with van der Waals surface area (Å²) in [6.45, 7) is 0.925. The summed E-state index contributed by atoms with van der Waals surface area (Å²) in [5.41, 5.74) is 8.38. The lowest BCUT2D eigenvalue weighted by Crippen LogP contribution is -1.95. The number of rotatable bonds is 4. The highest BCUT2D eigenvalue weighted by Crippen LogP contribution is 2.40. The molecule has 0 spiro atoms. The van der Waals surface area contributed by atoms with Crippen molar-refractivity contribution in [3.05, 3.63) is 90.4 Å². The van der Waals surface area contributed by atoms with Gasteiger partial charge in [0, 0.05) is 35.6 Å². The van der Waals surface area contributed by atoms with Crippen LogP contribution in [0.4, 0.5) is 0 Å². The second kappa shape index (κ2) is 7.67. The van der Waals surface area contributed by atoms with Crippen molar-refractivity contribution in [1.29, 1.82) is 0 Å². The Balaban J connectivity index is 1.50. The van der Waals surface area contributed by atoms with E-state index in [2.05, 4.69) is 38.9 Å². The van der Waals surface area contributed by atoms with Gasteiger partial charge in [-0.15, -0.1) is 0 Å². The van der Waals surface area contributed by atoms with Crippen molar-refractivity contribution >= 4 is 16.9 Å². The number of benzene rings is 2. The molecule has 0 bridgehead atoms. The fourth-order valence-electron chi connectivity index (χ4n) is 4.65. The Labute approximate surface area is 190 Å². The van der Waals surface area contributed by atoms with Crippen LogP contribution in [0, 0.1) is 0 Å². The van der Waals surface area contributed by atoms with E-state index in [-0.39, 0.29) is 5.56 Å². The van der Waals surface area contributed by atoms with E-state index in [4.69, 9.17) is 10.2 Å². The Morgan fingerprint density at radius 2 is 1.76 bits per heavy atom.